The third-order valence-electron chi connectivity index (χ3n) is 3.49. The summed E-state index contributed by atoms with van der Waals surface area (Å²) in [4.78, 5) is 18.5. The molecule has 4 nitrogen and oxygen atoms in total. The molecule has 18 heavy (non-hydrogen) atoms. The first-order chi connectivity index (χ1) is 8.70. The molecule has 0 spiro atoms. The van der Waals surface area contributed by atoms with Crippen molar-refractivity contribution in [3.63, 3.8) is 0 Å². The molecule has 0 radical (unpaired) electrons. The first-order valence-corrected chi connectivity index (χ1v) is 6.59. The van der Waals surface area contributed by atoms with E-state index in [1.54, 1.807) is 12.3 Å². The number of carbonyl (C=O) groups excluding carboxylic acids is 1. The SMILES string of the molecule is CNCc1cc(C(=O)N2CCC(C)CC2)ccn1. The quantitative estimate of drug-likeness (QED) is 0.883. The number of nitrogens with one attached hydrogen (secondary N) is 1. The fraction of sp³-hybridized carbons (Fsp3) is 0.571. The van der Waals surface area contributed by atoms with E-state index < -0.39 is 0 Å². The van der Waals surface area contributed by atoms with Crippen LogP contribution in [0.3, 0.4) is 0 Å². The van der Waals surface area contributed by atoms with Gasteiger partial charge in [0.2, 0.25) is 0 Å². The van der Waals surface area contributed by atoms with Gasteiger partial charge in [0.25, 0.3) is 5.91 Å². The summed E-state index contributed by atoms with van der Waals surface area (Å²) in [5, 5.41) is 3.05. The number of piperidine rings is 1. The summed E-state index contributed by atoms with van der Waals surface area (Å²) in [6.45, 7) is 4.70. The van der Waals surface area contributed by atoms with Crippen LogP contribution in [0.2, 0.25) is 0 Å². The maximum Gasteiger partial charge on any atom is 0.253 e. The Kier molecular flexibility index (Phi) is 4.31. The second-order valence-corrected chi connectivity index (χ2v) is 5.04. The lowest BCUT2D eigenvalue weighted by Gasteiger charge is -2.30. The van der Waals surface area contributed by atoms with Crippen molar-refractivity contribution in [2.75, 3.05) is 20.1 Å². The van der Waals surface area contributed by atoms with Crippen LogP contribution in [-0.2, 0) is 6.54 Å². The van der Waals surface area contributed by atoms with Gasteiger partial charge >= 0.3 is 0 Å². The van der Waals surface area contributed by atoms with Gasteiger partial charge < -0.3 is 10.2 Å². The topological polar surface area (TPSA) is 45.2 Å². The molecule has 0 aromatic carbocycles. The van der Waals surface area contributed by atoms with Gasteiger partial charge in [0.1, 0.15) is 0 Å². The van der Waals surface area contributed by atoms with Gasteiger partial charge in [-0.25, -0.2) is 0 Å². The molecule has 1 saturated heterocycles. The van der Waals surface area contributed by atoms with Gasteiger partial charge in [-0.2, -0.15) is 0 Å². The van der Waals surface area contributed by atoms with E-state index in [2.05, 4.69) is 17.2 Å². The highest BCUT2D eigenvalue weighted by Gasteiger charge is 2.21. The van der Waals surface area contributed by atoms with Crippen molar-refractivity contribution >= 4 is 5.91 Å². The van der Waals surface area contributed by atoms with Gasteiger partial charge in [-0.15, -0.1) is 0 Å². The molecule has 2 heterocycles. The summed E-state index contributed by atoms with van der Waals surface area (Å²) in [6, 6.07) is 3.69. The first-order valence-electron chi connectivity index (χ1n) is 6.59. The number of rotatable bonds is 3. The zero-order chi connectivity index (χ0) is 13.0. The van der Waals surface area contributed by atoms with E-state index in [-0.39, 0.29) is 5.91 Å². The molecule has 0 aliphatic carbocycles. The largest absolute Gasteiger partial charge is 0.339 e. The lowest BCUT2D eigenvalue weighted by molar-refractivity contribution is 0.0697. The van der Waals surface area contributed by atoms with Gasteiger partial charge in [0.05, 0.1) is 5.69 Å². The number of carbonyl (C=O) groups is 1. The number of hydrogen-bond acceptors (Lipinski definition) is 3. The molecule has 1 aromatic heterocycles. The third-order valence-corrected chi connectivity index (χ3v) is 3.49. The fourth-order valence-electron chi connectivity index (χ4n) is 2.28. The van der Waals surface area contributed by atoms with Crippen LogP contribution in [-0.4, -0.2) is 35.9 Å². The van der Waals surface area contributed by atoms with Crippen LogP contribution >= 0.6 is 0 Å². The van der Waals surface area contributed by atoms with Crippen LogP contribution in [0, 0.1) is 5.92 Å². The van der Waals surface area contributed by atoms with Gasteiger partial charge in [0.15, 0.2) is 0 Å². The van der Waals surface area contributed by atoms with Gasteiger partial charge in [0, 0.05) is 31.4 Å². The minimum Gasteiger partial charge on any atom is -0.339 e. The van der Waals surface area contributed by atoms with E-state index in [9.17, 15) is 4.79 Å². The van der Waals surface area contributed by atoms with E-state index in [0.29, 0.717) is 6.54 Å². The molecule has 1 aliphatic rings. The Balaban J connectivity index is 2.06. The van der Waals surface area contributed by atoms with Crippen molar-refractivity contribution in [3.8, 4) is 0 Å². The molecule has 1 aromatic rings. The number of nitrogens with zero attached hydrogens (tertiary/aromatic N) is 2. The van der Waals surface area contributed by atoms with Crippen LogP contribution in [0.1, 0.15) is 35.8 Å². The number of amides is 1. The minimum atomic E-state index is 0.140. The van der Waals surface area contributed by atoms with Crippen molar-refractivity contribution in [1.82, 2.24) is 15.2 Å². The van der Waals surface area contributed by atoms with E-state index in [1.165, 1.54) is 0 Å². The lowest BCUT2D eigenvalue weighted by Crippen LogP contribution is -2.38. The van der Waals surface area contributed by atoms with Crippen molar-refractivity contribution in [2.24, 2.45) is 5.92 Å². The maximum absolute atomic E-state index is 12.3. The van der Waals surface area contributed by atoms with Crippen LogP contribution in [0.15, 0.2) is 18.3 Å². The molecule has 1 N–H and O–H groups in total. The Bertz CT molecular complexity index is 411. The van der Waals surface area contributed by atoms with Gasteiger partial charge in [-0.05, 0) is 37.9 Å². The second kappa shape index (κ2) is 5.96. The number of hydrogen-bond donors (Lipinski definition) is 1. The Hall–Kier alpha value is -1.42. The fourth-order valence-corrected chi connectivity index (χ4v) is 2.28. The molecule has 0 unspecified atom stereocenters. The van der Waals surface area contributed by atoms with E-state index in [0.717, 1.165) is 43.1 Å². The highest BCUT2D eigenvalue weighted by atomic mass is 16.2. The zero-order valence-corrected chi connectivity index (χ0v) is 11.1. The molecule has 1 aliphatic heterocycles. The van der Waals surface area contributed by atoms with Crippen molar-refractivity contribution in [2.45, 2.75) is 26.3 Å². The van der Waals surface area contributed by atoms with Gasteiger partial charge in [-0.1, -0.05) is 6.92 Å². The molecule has 0 bridgehead atoms. The highest BCUT2D eigenvalue weighted by Crippen LogP contribution is 2.18. The average molecular weight is 247 g/mol. The summed E-state index contributed by atoms with van der Waals surface area (Å²) in [5.41, 5.74) is 1.67. The van der Waals surface area contributed by atoms with Crippen molar-refractivity contribution in [3.05, 3.63) is 29.6 Å². The Morgan fingerprint density at radius 3 is 2.89 bits per heavy atom. The molecule has 0 saturated carbocycles. The molecule has 0 atom stereocenters. The first kappa shape index (κ1) is 13.0. The van der Waals surface area contributed by atoms with Crippen LogP contribution in [0.25, 0.3) is 0 Å². The van der Waals surface area contributed by atoms with E-state index >= 15 is 0 Å². The normalized spacial score (nSPS) is 16.9. The number of aromatic nitrogens is 1. The molecule has 98 valence electrons. The van der Waals surface area contributed by atoms with Crippen LogP contribution < -0.4 is 5.32 Å². The van der Waals surface area contributed by atoms with E-state index in [1.807, 2.05) is 18.0 Å². The Morgan fingerprint density at radius 1 is 1.50 bits per heavy atom. The lowest BCUT2D eigenvalue weighted by atomic mass is 9.98. The molecule has 4 heteroatoms. The van der Waals surface area contributed by atoms with Crippen LogP contribution in [0.4, 0.5) is 0 Å². The highest BCUT2D eigenvalue weighted by molar-refractivity contribution is 5.94. The zero-order valence-electron chi connectivity index (χ0n) is 11.1. The minimum absolute atomic E-state index is 0.140. The standard InChI is InChI=1S/C14H21N3O/c1-11-4-7-17(8-5-11)14(18)12-3-6-16-13(9-12)10-15-2/h3,6,9,11,15H,4-5,7-8,10H2,1-2H3. The Morgan fingerprint density at radius 2 is 2.22 bits per heavy atom. The predicted molar refractivity (Wildman–Crippen MR) is 71.3 cm³/mol. The summed E-state index contributed by atoms with van der Waals surface area (Å²) >= 11 is 0. The Labute approximate surface area is 108 Å². The smallest absolute Gasteiger partial charge is 0.253 e. The van der Waals surface area contributed by atoms with Gasteiger partial charge in [-0.3, -0.25) is 9.78 Å². The average Bonchev–Trinajstić information content (AvgIpc) is 2.39. The summed E-state index contributed by atoms with van der Waals surface area (Å²) in [6.07, 6.45) is 3.94. The molecule has 1 fully saturated rings. The molecule has 1 amide bonds. The molecular formula is C14H21N3O. The second-order valence-electron chi connectivity index (χ2n) is 5.04. The van der Waals surface area contributed by atoms with Crippen molar-refractivity contribution in [1.29, 1.82) is 0 Å². The van der Waals surface area contributed by atoms with E-state index in [4.69, 9.17) is 0 Å². The number of likely N-dealkylation sites (tertiary alicyclic amines) is 1. The summed E-state index contributed by atoms with van der Waals surface area (Å²) in [5.74, 6) is 0.882. The third kappa shape index (κ3) is 3.07. The maximum atomic E-state index is 12.3. The molecule has 2 rings (SSSR count). The van der Waals surface area contributed by atoms with Crippen LogP contribution in [0.5, 0.6) is 0 Å². The van der Waals surface area contributed by atoms with Crippen molar-refractivity contribution < 1.29 is 4.79 Å². The predicted octanol–water partition coefficient (Wildman–Crippen LogP) is 1.67. The number of pyridine rings is 1. The molecular weight excluding hydrogens is 226 g/mol. The summed E-state index contributed by atoms with van der Waals surface area (Å²) < 4.78 is 0. The monoisotopic (exact) mass is 247 g/mol. The summed E-state index contributed by atoms with van der Waals surface area (Å²) in [7, 11) is 1.88.